The molecule has 96 valence electrons. The smallest absolute Gasteiger partial charge is 0.167 e. The number of rotatable bonds is 4. The van der Waals surface area contributed by atoms with E-state index < -0.39 is 41.0 Å². The third-order valence-corrected chi connectivity index (χ3v) is 2.35. The van der Waals surface area contributed by atoms with Gasteiger partial charge in [0.05, 0.1) is 12.2 Å². The van der Waals surface area contributed by atoms with Crippen molar-refractivity contribution in [1.29, 1.82) is 0 Å². The Bertz CT molecular complexity index is 386. The van der Waals surface area contributed by atoms with Crippen LogP contribution in [-0.2, 0) is 17.8 Å². The van der Waals surface area contributed by atoms with E-state index in [4.69, 9.17) is 0 Å². The van der Waals surface area contributed by atoms with Crippen molar-refractivity contribution in [3.63, 3.8) is 0 Å². The normalized spacial score (nSPS) is 11.3. The van der Waals surface area contributed by atoms with Crippen molar-refractivity contribution in [3.8, 4) is 0 Å². The number of benzene rings is 1. The first-order valence-electron chi connectivity index (χ1n) is 5.22. The molecule has 0 aliphatic heterocycles. The second-order valence-corrected chi connectivity index (χ2v) is 4.24. The van der Waals surface area contributed by atoms with Gasteiger partial charge in [0.1, 0.15) is 0 Å². The molecule has 0 saturated heterocycles. The first-order valence-corrected chi connectivity index (χ1v) is 5.22. The fourth-order valence-electron chi connectivity index (χ4n) is 1.58. The lowest BCUT2D eigenvalue weighted by Crippen LogP contribution is -2.11. The maximum Gasteiger partial charge on any atom is 0.167 e. The van der Waals surface area contributed by atoms with E-state index in [2.05, 4.69) is 4.74 Å². The average Bonchev–Trinajstić information content (AvgIpc) is 2.27. The van der Waals surface area contributed by atoms with Crippen molar-refractivity contribution in [3.05, 3.63) is 34.4 Å². The Balaban J connectivity index is 3.36. The maximum absolute atomic E-state index is 13.5. The molecule has 0 spiro atoms. The zero-order valence-corrected chi connectivity index (χ0v) is 9.91. The first kappa shape index (κ1) is 14.0. The van der Waals surface area contributed by atoms with Gasteiger partial charge < -0.3 is 4.74 Å². The maximum atomic E-state index is 13.5. The summed E-state index contributed by atoms with van der Waals surface area (Å²) < 4.78 is 58.6. The standard InChI is InChI=1S/C12H14F4O/c1-6(2)4-7-9(13)11(15)8(5-17-3)12(16)10(7)14/h6H,4-5H2,1-3H3. The molecule has 0 aromatic heterocycles. The quantitative estimate of drug-likeness (QED) is 0.586. The Morgan fingerprint density at radius 1 is 0.882 bits per heavy atom. The number of hydrogen-bond donors (Lipinski definition) is 0. The van der Waals surface area contributed by atoms with Crippen molar-refractivity contribution in [2.24, 2.45) is 5.92 Å². The summed E-state index contributed by atoms with van der Waals surface area (Å²) in [5.74, 6) is -5.51. The Morgan fingerprint density at radius 2 is 1.29 bits per heavy atom. The molecule has 17 heavy (non-hydrogen) atoms. The van der Waals surface area contributed by atoms with Gasteiger partial charge >= 0.3 is 0 Å². The summed E-state index contributed by atoms with van der Waals surface area (Å²) in [7, 11) is 1.19. The molecule has 0 fully saturated rings. The second kappa shape index (κ2) is 5.49. The number of ether oxygens (including phenoxy) is 1. The molecule has 1 nitrogen and oxygen atoms in total. The highest BCUT2D eigenvalue weighted by atomic mass is 19.2. The summed E-state index contributed by atoms with van der Waals surface area (Å²) in [6.07, 6.45) is -0.0568. The summed E-state index contributed by atoms with van der Waals surface area (Å²) >= 11 is 0. The predicted molar refractivity (Wildman–Crippen MR) is 55.5 cm³/mol. The molecule has 0 atom stereocenters. The van der Waals surface area contributed by atoms with Gasteiger partial charge in [-0.05, 0) is 12.3 Å². The molecule has 1 aromatic carbocycles. The summed E-state index contributed by atoms with van der Waals surface area (Å²) in [6.45, 7) is 2.91. The number of halogens is 4. The van der Waals surface area contributed by atoms with Gasteiger partial charge in [0.2, 0.25) is 0 Å². The van der Waals surface area contributed by atoms with Crippen LogP contribution >= 0.6 is 0 Å². The van der Waals surface area contributed by atoms with Gasteiger partial charge in [-0.1, -0.05) is 13.8 Å². The van der Waals surface area contributed by atoms with Crippen LogP contribution in [0.25, 0.3) is 0 Å². The van der Waals surface area contributed by atoms with Gasteiger partial charge in [-0.3, -0.25) is 0 Å². The summed E-state index contributed by atoms with van der Waals surface area (Å²) in [4.78, 5) is 0. The second-order valence-electron chi connectivity index (χ2n) is 4.24. The molecule has 0 saturated carbocycles. The van der Waals surface area contributed by atoms with Gasteiger partial charge in [0.25, 0.3) is 0 Å². The van der Waals surface area contributed by atoms with E-state index in [9.17, 15) is 17.6 Å². The van der Waals surface area contributed by atoms with E-state index >= 15 is 0 Å². The van der Waals surface area contributed by atoms with Gasteiger partial charge in [-0.15, -0.1) is 0 Å². The van der Waals surface area contributed by atoms with E-state index in [0.29, 0.717) is 0 Å². The van der Waals surface area contributed by atoms with Crippen LogP contribution in [0.15, 0.2) is 0 Å². The molecule has 0 unspecified atom stereocenters. The Kier molecular flexibility index (Phi) is 4.51. The van der Waals surface area contributed by atoms with E-state index in [0.717, 1.165) is 0 Å². The average molecular weight is 250 g/mol. The molecule has 0 N–H and O–H groups in total. The fraction of sp³-hybridized carbons (Fsp3) is 0.500. The van der Waals surface area contributed by atoms with Crippen molar-refractivity contribution in [2.45, 2.75) is 26.9 Å². The van der Waals surface area contributed by atoms with Gasteiger partial charge in [0, 0.05) is 12.7 Å². The van der Waals surface area contributed by atoms with Crippen LogP contribution in [0.3, 0.4) is 0 Å². The van der Waals surface area contributed by atoms with Gasteiger partial charge in [-0.25, -0.2) is 17.6 Å². The lowest BCUT2D eigenvalue weighted by molar-refractivity contribution is 0.175. The molecular formula is C12H14F4O. The molecule has 0 aliphatic rings. The highest BCUT2D eigenvalue weighted by Gasteiger charge is 2.25. The molecule has 0 bridgehead atoms. The molecule has 0 heterocycles. The van der Waals surface area contributed by atoms with E-state index in [1.165, 1.54) is 7.11 Å². The molecule has 0 radical (unpaired) electrons. The molecule has 1 rings (SSSR count). The number of methoxy groups -OCH3 is 1. The Morgan fingerprint density at radius 3 is 1.65 bits per heavy atom. The fourth-order valence-corrected chi connectivity index (χ4v) is 1.58. The minimum Gasteiger partial charge on any atom is -0.380 e. The Labute approximate surface area is 97.4 Å². The summed E-state index contributed by atoms with van der Waals surface area (Å²) in [6, 6.07) is 0. The van der Waals surface area contributed by atoms with Crippen LogP contribution in [0.4, 0.5) is 17.6 Å². The van der Waals surface area contributed by atoms with Crippen LogP contribution in [0.1, 0.15) is 25.0 Å². The van der Waals surface area contributed by atoms with Crippen LogP contribution in [-0.4, -0.2) is 7.11 Å². The van der Waals surface area contributed by atoms with Crippen LogP contribution in [0.5, 0.6) is 0 Å². The monoisotopic (exact) mass is 250 g/mol. The zero-order valence-electron chi connectivity index (χ0n) is 9.91. The third kappa shape index (κ3) is 2.77. The van der Waals surface area contributed by atoms with Gasteiger partial charge in [-0.2, -0.15) is 0 Å². The number of hydrogen-bond acceptors (Lipinski definition) is 1. The van der Waals surface area contributed by atoms with Crippen molar-refractivity contribution in [1.82, 2.24) is 0 Å². The summed E-state index contributed by atoms with van der Waals surface area (Å²) in [5, 5.41) is 0. The molecule has 0 amide bonds. The predicted octanol–water partition coefficient (Wildman–Crippen LogP) is 3.59. The van der Waals surface area contributed by atoms with Crippen LogP contribution < -0.4 is 0 Å². The van der Waals surface area contributed by atoms with Crippen LogP contribution in [0, 0.1) is 29.2 Å². The Hall–Kier alpha value is -1.10. The van der Waals surface area contributed by atoms with Crippen molar-refractivity contribution in [2.75, 3.05) is 7.11 Å². The molecule has 5 heteroatoms. The van der Waals surface area contributed by atoms with Crippen molar-refractivity contribution >= 4 is 0 Å². The summed E-state index contributed by atoms with van der Waals surface area (Å²) in [5.41, 5.74) is -1.26. The highest BCUT2D eigenvalue weighted by Crippen LogP contribution is 2.26. The van der Waals surface area contributed by atoms with Gasteiger partial charge in [0.15, 0.2) is 23.3 Å². The van der Waals surface area contributed by atoms with Crippen molar-refractivity contribution < 1.29 is 22.3 Å². The zero-order chi connectivity index (χ0) is 13.2. The molecule has 0 aliphatic carbocycles. The van der Waals surface area contributed by atoms with E-state index in [-0.39, 0.29) is 12.3 Å². The topological polar surface area (TPSA) is 9.23 Å². The van der Waals surface area contributed by atoms with E-state index in [1.54, 1.807) is 13.8 Å². The first-order chi connectivity index (χ1) is 7.90. The highest BCUT2D eigenvalue weighted by molar-refractivity contribution is 5.30. The lowest BCUT2D eigenvalue weighted by Gasteiger charge is -2.12. The third-order valence-electron chi connectivity index (χ3n) is 2.35. The minimum absolute atomic E-state index is 0.0568. The van der Waals surface area contributed by atoms with Crippen LogP contribution in [0.2, 0.25) is 0 Å². The largest absolute Gasteiger partial charge is 0.380 e. The minimum atomic E-state index is -1.37. The van der Waals surface area contributed by atoms with E-state index in [1.807, 2.05) is 0 Å². The lowest BCUT2D eigenvalue weighted by atomic mass is 9.99. The molecule has 1 aromatic rings. The molecular weight excluding hydrogens is 236 g/mol. The SMILES string of the molecule is COCc1c(F)c(F)c(CC(C)C)c(F)c1F.